The normalized spacial score (nSPS) is 12.8. The Labute approximate surface area is 160 Å². The predicted molar refractivity (Wildman–Crippen MR) is 103 cm³/mol. The molecule has 1 aliphatic rings. The van der Waals surface area contributed by atoms with Crippen LogP contribution in [0, 0.1) is 0 Å². The molecule has 1 amide bonds. The molecule has 0 spiro atoms. The third kappa shape index (κ3) is 3.66. The molecule has 1 aromatic heterocycles. The first-order valence-electron chi connectivity index (χ1n) is 8.78. The van der Waals surface area contributed by atoms with Crippen LogP contribution in [-0.4, -0.2) is 22.1 Å². The molecule has 4 rings (SSSR count). The number of carbonyl (C=O) groups excluding carboxylic acids is 1. The maximum absolute atomic E-state index is 12.6. The van der Waals surface area contributed by atoms with Crippen molar-refractivity contribution in [1.29, 1.82) is 0 Å². The summed E-state index contributed by atoms with van der Waals surface area (Å²) in [6.07, 6.45) is 1.77. The van der Waals surface area contributed by atoms with Crippen molar-refractivity contribution in [3.05, 3.63) is 69.2 Å². The number of benzene rings is 2. The van der Waals surface area contributed by atoms with Gasteiger partial charge in [0.1, 0.15) is 11.6 Å². The fourth-order valence-electron chi connectivity index (χ4n) is 3.19. The van der Waals surface area contributed by atoms with Gasteiger partial charge in [-0.1, -0.05) is 29.8 Å². The molecule has 0 saturated heterocycles. The van der Waals surface area contributed by atoms with Crippen LogP contribution in [0.15, 0.2) is 47.3 Å². The highest BCUT2D eigenvalue weighted by Gasteiger charge is 2.16. The average Bonchev–Trinajstić information content (AvgIpc) is 3.15. The van der Waals surface area contributed by atoms with Gasteiger partial charge in [-0.15, -0.1) is 0 Å². The third-order valence-corrected chi connectivity index (χ3v) is 4.96. The van der Waals surface area contributed by atoms with Gasteiger partial charge < -0.3 is 10.1 Å². The number of nitrogens with zero attached hydrogens (tertiary/aromatic N) is 2. The van der Waals surface area contributed by atoms with Gasteiger partial charge in [-0.2, -0.15) is 0 Å². The van der Waals surface area contributed by atoms with Crippen molar-refractivity contribution in [2.45, 2.75) is 25.9 Å². The fourth-order valence-corrected chi connectivity index (χ4v) is 3.39. The lowest BCUT2D eigenvalue weighted by Gasteiger charge is -2.10. The summed E-state index contributed by atoms with van der Waals surface area (Å²) in [6.45, 7) is 0.888. The summed E-state index contributed by atoms with van der Waals surface area (Å²) in [6, 6.07) is 12.5. The lowest BCUT2D eigenvalue weighted by atomic mass is 10.2. The molecule has 6 nitrogen and oxygen atoms in total. The monoisotopic (exact) mass is 383 g/mol. The van der Waals surface area contributed by atoms with Crippen molar-refractivity contribution < 1.29 is 9.53 Å². The fraction of sp³-hybridized carbons (Fsp3) is 0.250. The van der Waals surface area contributed by atoms with Crippen molar-refractivity contribution in [3.8, 4) is 5.75 Å². The summed E-state index contributed by atoms with van der Waals surface area (Å²) in [7, 11) is 0. The Balaban J connectivity index is 1.42. The number of rotatable bonds is 5. The highest BCUT2D eigenvalue weighted by molar-refractivity contribution is 6.31. The van der Waals surface area contributed by atoms with E-state index in [1.807, 2.05) is 18.2 Å². The van der Waals surface area contributed by atoms with Crippen molar-refractivity contribution >= 4 is 28.4 Å². The Morgan fingerprint density at radius 2 is 2.11 bits per heavy atom. The number of amides is 1. The minimum atomic E-state index is -0.265. The van der Waals surface area contributed by atoms with Crippen LogP contribution in [0.4, 0.5) is 0 Å². The molecular formula is C20H18ClN3O3. The van der Waals surface area contributed by atoms with Crippen molar-refractivity contribution in [3.63, 3.8) is 0 Å². The van der Waals surface area contributed by atoms with Crippen LogP contribution < -0.4 is 15.6 Å². The molecule has 1 N–H and O–H groups in total. The van der Waals surface area contributed by atoms with E-state index in [4.69, 9.17) is 16.3 Å². The number of fused-ring (bicyclic) bond motifs is 2. The molecule has 0 radical (unpaired) electrons. The van der Waals surface area contributed by atoms with E-state index in [1.54, 1.807) is 28.8 Å². The van der Waals surface area contributed by atoms with E-state index in [0.717, 1.165) is 24.2 Å². The molecule has 1 aliphatic heterocycles. The van der Waals surface area contributed by atoms with Crippen LogP contribution in [-0.2, 0) is 24.3 Å². The predicted octanol–water partition coefficient (Wildman–Crippen LogP) is 2.69. The van der Waals surface area contributed by atoms with Gasteiger partial charge in [-0.25, -0.2) is 4.98 Å². The maximum atomic E-state index is 12.6. The number of carbonyl (C=O) groups is 1. The van der Waals surface area contributed by atoms with Gasteiger partial charge in [0, 0.05) is 24.5 Å². The van der Waals surface area contributed by atoms with E-state index < -0.39 is 0 Å². The number of hydrogen-bond acceptors (Lipinski definition) is 4. The molecule has 0 bridgehead atoms. The zero-order chi connectivity index (χ0) is 18.8. The number of nitrogens with one attached hydrogen (secondary N) is 1. The minimum absolute atomic E-state index is 0.0545. The van der Waals surface area contributed by atoms with Gasteiger partial charge in [0.25, 0.3) is 11.5 Å². The number of hydrogen-bond donors (Lipinski definition) is 1. The second-order valence-electron chi connectivity index (χ2n) is 6.42. The first-order valence-corrected chi connectivity index (χ1v) is 9.16. The van der Waals surface area contributed by atoms with Gasteiger partial charge in [0.2, 0.25) is 0 Å². The molecule has 27 heavy (non-hydrogen) atoms. The maximum Gasteiger partial charge on any atom is 0.261 e. The molecule has 0 atom stereocenters. The summed E-state index contributed by atoms with van der Waals surface area (Å²) < 4.78 is 7.26. The van der Waals surface area contributed by atoms with E-state index in [-0.39, 0.29) is 18.1 Å². The SMILES string of the molecule is O=C(COc1ccc2nc3n(c(=O)c2c1)CCC3)NCc1ccccc1Cl. The van der Waals surface area contributed by atoms with Crippen molar-refractivity contribution in [2.24, 2.45) is 0 Å². The molecule has 3 aromatic rings. The topological polar surface area (TPSA) is 73.2 Å². The summed E-state index contributed by atoms with van der Waals surface area (Å²) in [5, 5.41) is 3.88. The summed E-state index contributed by atoms with van der Waals surface area (Å²) in [5.41, 5.74) is 1.44. The van der Waals surface area contributed by atoms with Crippen LogP contribution >= 0.6 is 11.6 Å². The van der Waals surface area contributed by atoms with Gasteiger partial charge in [-0.05, 0) is 36.2 Å². The zero-order valence-corrected chi connectivity index (χ0v) is 15.3. The van der Waals surface area contributed by atoms with Crippen molar-refractivity contribution in [1.82, 2.24) is 14.9 Å². The van der Waals surface area contributed by atoms with Gasteiger partial charge in [0.15, 0.2) is 6.61 Å². The first kappa shape index (κ1) is 17.5. The van der Waals surface area contributed by atoms with Crippen LogP contribution in [0.25, 0.3) is 10.9 Å². The average molecular weight is 384 g/mol. The largest absolute Gasteiger partial charge is 0.484 e. The second kappa shape index (κ2) is 7.40. The molecule has 2 aromatic carbocycles. The zero-order valence-electron chi connectivity index (χ0n) is 14.6. The lowest BCUT2D eigenvalue weighted by Crippen LogP contribution is -2.28. The first-order chi connectivity index (χ1) is 13.1. The van der Waals surface area contributed by atoms with Crippen LogP contribution in [0.5, 0.6) is 5.75 Å². The number of halogens is 1. The highest BCUT2D eigenvalue weighted by atomic mass is 35.5. The van der Waals surface area contributed by atoms with Gasteiger partial charge >= 0.3 is 0 Å². The molecule has 7 heteroatoms. The Kier molecular flexibility index (Phi) is 4.81. The molecule has 138 valence electrons. The molecule has 0 saturated carbocycles. The number of ether oxygens (including phenoxy) is 1. The number of aromatic nitrogens is 2. The Bertz CT molecular complexity index is 1080. The minimum Gasteiger partial charge on any atom is -0.484 e. The van der Waals surface area contributed by atoms with E-state index in [9.17, 15) is 9.59 Å². The molecule has 2 heterocycles. The van der Waals surface area contributed by atoms with Crippen LogP contribution in [0.1, 0.15) is 17.8 Å². The van der Waals surface area contributed by atoms with Crippen LogP contribution in [0.2, 0.25) is 5.02 Å². The van der Waals surface area contributed by atoms with E-state index >= 15 is 0 Å². The number of aryl methyl sites for hydroxylation is 1. The summed E-state index contributed by atoms with van der Waals surface area (Å²) in [5.74, 6) is 1.03. The van der Waals surface area contributed by atoms with E-state index in [1.165, 1.54) is 0 Å². The summed E-state index contributed by atoms with van der Waals surface area (Å²) >= 11 is 6.07. The van der Waals surface area contributed by atoms with Gasteiger partial charge in [0.05, 0.1) is 10.9 Å². The molecule has 0 aliphatic carbocycles. The Morgan fingerprint density at radius 3 is 2.96 bits per heavy atom. The molecule has 0 fully saturated rings. The van der Waals surface area contributed by atoms with E-state index in [2.05, 4.69) is 10.3 Å². The van der Waals surface area contributed by atoms with Crippen molar-refractivity contribution in [2.75, 3.05) is 6.61 Å². The second-order valence-corrected chi connectivity index (χ2v) is 6.83. The highest BCUT2D eigenvalue weighted by Crippen LogP contribution is 2.20. The molecular weight excluding hydrogens is 366 g/mol. The van der Waals surface area contributed by atoms with Gasteiger partial charge in [-0.3, -0.25) is 14.2 Å². The Hall–Kier alpha value is -2.86. The molecule has 0 unspecified atom stereocenters. The quantitative estimate of drug-likeness (QED) is 0.735. The standard InChI is InChI=1S/C20H18ClN3O3/c21-16-5-2-1-4-13(16)11-22-19(25)12-27-14-7-8-17-15(10-14)20(26)24-9-3-6-18(24)23-17/h1-2,4-5,7-8,10H,3,6,9,11-12H2,(H,22,25). The Morgan fingerprint density at radius 1 is 1.26 bits per heavy atom. The third-order valence-electron chi connectivity index (χ3n) is 4.59. The van der Waals surface area contributed by atoms with E-state index in [0.29, 0.717) is 34.8 Å². The smallest absolute Gasteiger partial charge is 0.261 e. The lowest BCUT2D eigenvalue weighted by molar-refractivity contribution is -0.123. The summed E-state index contributed by atoms with van der Waals surface area (Å²) in [4.78, 5) is 29.1. The van der Waals surface area contributed by atoms with Crippen LogP contribution in [0.3, 0.4) is 0 Å².